The monoisotopic (exact) mass is 279 g/mol. The quantitative estimate of drug-likeness (QED) is 0.680. The molecule has 1 aromatic carbocycles. The second-order valence-electron chi connectivity index (χ2n) is 5.83. The summed E-state index contributed by atoms with van der Waals surface area (Å²) in [5.41, 5.74) is 3.46. The molecule has 0 saturated heterocycles. The fourth-order valence-corrected chi connectivity index (χ4v) is 3.36. The second kappa shape index (κ2) is 8.41. The molecule has 1 N–H and O–H groups in total. The highest BCUT2D eigenvalue weighted by molar-refractivity contribution is 5.37. The summed E-state index contributed by atoms with van der Waals surface area (Å²) in [6.07, 6.45) is 4.85. The molecule has 0 saturated carbocycles. The maximum atomic E-state index is 13.5. The van der Waals surface area contributed by atoms with Crippen molar-refractivity contribution in [1.82, 2.24) is 5.32 Å². The predicted molar refractivity (Wildman–Crippen MR) is 85.6 cm³/mol. The molecule has 20 heavy (non-hydrogen) atoms. The summed E-state index contributed by atoms with van der Waals surface area (Å²) in [4.78, 5) is 0. The van der Waals surface area contributed by atoms with Crippen LogP contribution in [0.2, 0.25) is 0 Å². The average Bonchev–Trinajstić information content (AvgIpc) is 2.36. The molecule has 0 amide bonds. The Morgan fingerprint density at radius 2 is 1.50 bits per heavy atom. The van der Waals surface area contributed by atoms with Crippen LogP contribution in [0.25, 0.3) is 0 Å². The van der Waals surface area contributed by atoms with Crippen molar-refractivity contribution in [3.63, 3.8) is 0 Å². The molecule has 1 nitrogen and oxygen atoms in total. The van der Waals surface area contributed by atoms with Gasteiger partial charge >= 0.3 is 0 Å². The molecule has 0 aliphatic carbocycles. The fraction of sp³-hybridized carbons (Fsp3) is 0.667. The van der Waals surface area contributed by atoms with Crippen molar-refractivity contribution in [3.8, 4) is 0 Å². The summed E-state index contributed by atoms with van der Waals surface area (Å²) < 4.78 is 13.5. The number of hydrogen-bond donors (Lipinski definition) is 1. The van der Waals surface area contributed by atoms with Gasteiger partial charge in [0, 0.05) is 6.04 Å². The van der Waals surface area contributed by atoms with Gasteiger partial charge in [0.05, 0.1) is 0 Å². The third-order valence-electron chi connectivity index (χ3n) is 4.08. The van der Waals surface area contributed by atoms with Crippen LogP contribution in [0.4, 0.5) is 4.39 Å². The summed E-state index contributed by atoms with van der Waals surface area (Å²) in [6.45, 7) is 11.7. The first-order valence-electron chi connectivity index (χ1n) is 8.05. The van der Waals surface area contributed by atoms with Crippen LogP contribution in [0.15, 0.2) is 12.1 Å². The number of benzene rings is 1. The number of rotatable bonds is 8. The first kappa shape index (κ1) is 17.2. The third kappa shape index (κ3) is 4.31. The van der Waals surface area contributed by atoms with Crippen LogP contribution >= 0.6 is 0 Å². The molecule has 0 aliphatic rings. The van der Waals surface area contributed by atoms with Crippen LogP contribution in [0, 0.1) is 25.6 Å². The van der Waals surface area contributed by atoms with Crippen molar-refractivity contribution in [2.24, 2.45) is 5.92 Å². The lowest BCUT2D eigenvalue weighted by Crippen LogP contribution is -2.29. The number of halogens is 1. The van der Waals surface area contributed by atoms with Crippen molar-refractivity contribution in [3.05, 3.63) is 34.6 Å². The van der Waals surface area contributed by atoms with Gasteiger partial charge in [-0.15, -0.1) is 0 Å². The van der Waals surface area contributed by atoms with Crippen LogP contribution in [0.1, 0.15) is 69.2 Å². The van der Waals surface area contributed by atoms with E-state index >= 15 is 0 Å². The molecule has 1 unspecified atom stereocenters. The second-order valence-corrected chi connectivity index (χ2v) is 5.83. The Morgan fingerprint density at radius 1 is 1.00 bits per heavy atom. The van der Waals surface area contributed by atoms with E-state index in [0.717, 1.165) is 17.7 Å². The minimum Gasteiger partial charge on any atom is -0.310 e. The molecule has 0 aromatic heterocycles. The summed E-state index contributed by atoms with van der Waals surface area (Å²) in [6, 6.07) is 3.68. The highest BCUT2D eigenvalue weighted by Gasteiger charge is 2.24. The molecule has 2 heteroatoms. The van der Waals surface area contributed by atoms with Crippen molar-refractivity contribution in [2.45, 2.75) is 66.3 Å². The van der Waals surface area contributed by atoms with Gasteiger partial charge < -0.3 is 5.32 Å². The molecule has 0 fully saturated rings. The zero-order valence-corrected chi connectivity index (χ0v) is 13.7. The molecule has 1 aromatic rings. The fourth-order valence-electron chi connectivity index (χ4n) is 3.36. The van der Waals surface area contributed by atoms with Crippen LogP contribution in [0.5, 0.6) is 0 Å². The van der Waals surface area contributed by atoms with Gasteiger partial charge in [-0.25, -0.2) is 4.39 Å². The van der Waals surface area contributed by atoms with E-state index in [1.165, 1.54) is 31.2 Å². The van der Waals surface area contributed by atoms with Gasteiger partial charge in [0.2, 0.25) is 0 Å². The zero-order valence-electron chi connectivity index (χ0n) is 13.7. The molecule has 1 atom stereocenters. The number of nitrogens with one attached hydrogen (secondary N) is 1. The van der Waals surface area contributed by atoms with E-state index in [2.05, 4.69) is 26.1 Å². The summed E-state index contributed by atoms with van der Waals surface area (Å²) >= 11 is 0. The van der Waals surface area contributed by atoms with Crippen molar-refractivity contribution in [1.29, 1.82) is 0 Å². The average molecular weight is 279 g/mol. The summed E-state index contributed by atoms with van der Waals surface area (Å²) in [5, 5.41) is 3.65. The Bertz CT molecular complexity index is 385. The van der Waals surface area contributed by atoms with Gasteiger partial charge in [-0.1, -0.05) is 33.6 Å². The molecule has 0 bridgehead atoms. The minimum absolute atomic E-state index is 0.124. The maximum absolute atomic E-state index is 13.5. The lowest BCUT2D eigenvalue weighted by Gasteiger charge is -2.30. The molecule has 0 aliphatic heterocycles. The Labute approximate surface area is 124 Å². The van der Waals surface area contributed by atoms with E-state index in [1.807, 2.05) is 13.8 Å². The van der Waals surface area contributed by atoms with Gasteiger partial charge in [-0.2, -0.15) is 0 Å². The van der Waals surface area contributed by atoms with Gasteiger partial charge in [0.15, 0.2) is 0 Å². The predicted octanol–water partition coefficient (Wildman–Crippen LogP) is 5.31. The molecule has 114 valence electrons. The molecule has 1 rings (SSSR count). The highest BCUT2D eigenvalue weighted by Crippen LogP contribution is 2.33. The topological polar surface area (TPSA) is 12.0 Å². The van der Waals surface area contributed by atoms with E-state index in [0.29, 0.717) is 12.0 Å². The molecule has 0 heterocycles. The SMILES string of the molecule is CCCC(CCC)C(NCC)c1c(C)cc(F)cc1C. The number of hydrogen-bond acceptors (Lipinski definition) is 1. The van der Waals surface area contributed by atoms with Crippen LogP contribution in [0.3, 0.4) is 0 Å². The zero-order chi connectivity index (χ0) is 15.1. The third-order valence-corrected chi connectivity index (χ3v) is 4.08. The first-order valence-corrected chi connectivity index (χ1v) is 8.05. The van der Waals surface area contributed by atoms with E-state index in [4.69, 9.17) is 0 Å². The van der Waals surface area contributed by atoms with E-state index < -0.39 is 0 Å². The smallest absolute Gasteiger partial charge is 0.123 e. The number of aryl methyl sites for hydroxylation is 2. The van der Waals surface area contributed by atoms with E-state index in [1.54, 1.807) is 12.1 Å². The van der Waals surface area contributed by atoms with E-state index in [-0.39, 0.29) is 5.82 Å². The van der Waals surface area contributed by atoms with Crippen molar-refractivity contribution in [2.75, 3.05) is 6.54 Å². The standard InChI is InChI=1S/C18H30FN/c1-6-9-15(10-7-2)18(20-8-3)17-13(4)11-16(19)12-14(17)5/h11-12,15,18,20H,6-10H2,1-5H3. The Balaban J connectivity index is 3.17. The molecule has 0 radical (unpaired) electrons. The Hall–Kier alpha value is -0.890. The lowest BCUT2D eigenvalue weighted by molar-refractivity contribution is 0.318. The minimum atomic E-state index is -0.124. The molecular weight excluding hydrogens is 249 g/mol. The largest absolute Gasteiger partial charge is 0.310 e. The van der Waals surface area contributed by atoms with E-state index in [9.17, 15) is 4.39 Å². The van der Waals surface area contributed by atoms with Gasteiger partial charge in [-0.05, 0) is 68.0 Å². The van der Waals surface area contributed by atoms with Crippen LogP contribution in [-0.4, -0.2) is 6.54 Å². The highest BCUT2D eigenvalue weighted by atomic mass is 19.1. The van der Waals surface area contributed by atoms with Gasteiger partial charge in [0.1, 0.15) is 5.82 Å². The Kier molecular flexibility index (Phi) is 7.22. The van der Waals surface area contributed by atoms with Crippen molar-refractivity contribution >= 4 is 0 Å². The normalized spacial score (nSPS) is 12.9. The maximum Gasteiger partial charge on any atom is 0.123 e. The molecular formula is C18H30FN. The van der Waals surface area contributed by atoms with Crippen LogP contribution < -0.4 is 5.32 Å². The van der Waals surface area contributed by atoms with Crippen LogP contribution in [-0.2, 0) is 0 Å². The van der Waals surface area contributed by atoms with Gasteiger partial charge in [0.25, 0.3) is 0 Å². The first-order chi connectivity index (χ1) is 9.54. The van der Waals surface area contributed by atoms with Gasteiger partial charge in [-0.3, -0.25) is 0 Å². The Morgan fingerprint density at radius 3 is 1.90 bits per heavy atom. The summed E-state index contributed by atoms with van der Waals surface area (Å²) in [7, 11) is 0. The summed E-state index contributed by atoms with van der Waals surface area (Å²) in [5.74, 6) is 0.509. The lowest BCUT2D eigenvalue weighted by atomic mass is 9.82. The van der Waals surface area contributed by atoms with Crippen molar-refractivity contribution < 1.29 is 4.39 Å². The molecule has 0 spiro atoms.